The van der Waals surface area contributed by atoms with E-state index in [1.54, 1.807) is 12.1 Å². The molecule has 17 heavy (non-hydrogen) atoms. The molecular weight excluding hydrogens is 231 g/mol. The van der Waals surface area contributed by atoms with Crippen LogP contribution in [0.5, 0.6) is 0 Å². The van der Waals surface area contributed by atoms with Crippen molar-refractivity contribution in [2.45, 2.75) is 6.18 Å². The van der Waals surface area contributed by atoms with Crippen LogP contribution in [-0.2, 0) is 0 Å². The zero-order valence-electron chi connectivity index (χ0n) is 8.62. The van der Waals surface area contributed by atoms with Crippen molar-refractivity contribution in [3.63, 3.8) is 0 Å². The molecule has 0 amide bonds. The predicted molar refractivity (Wildman–Crippen MR) is 54.8 cm³/mol. The van der Waals surface area contributed by atoms with Gasteiger partial charge in [-0.05, 0) is 12.1 Å². The van der Waals surface area contributed by atoms with E-state index in [-0.39, 0.29) is 5.56 Å². The molecule has 0 aliphatic carbocycles. The van der Waals surface area contributed by atoms with Gasteiger partial charge in [-0.1, -0.05) is 12.1 Å². The van der Waals surface area contributed by atoms with E-state index in [0.717, 1.165) is 0 Å². The lowest BCUT2D eigenvalue weighted by molar-refractivity contribution is -0.155. The van der Waals surface area contributed by atoms with E-state index in [4.69, 9.17) is 10.5 Å². The molecule has 88 valence electrons. The van der Waals surface area contributed by atoms with Crippen molar-refractivity contribution in [2.24, 2.45) is 5.92 Å². The Labute approximate surface area is 96.1 Å². The second-order valence-electron chi connectivity index (χ2n) is 3.26. The number of para-hydroxylation sites is 1. The number of nitrogens with one attached hydrogen (secondary N) is 1. The van der Waals surface area contributed by atoms with Gasteiger partial charge in [0, 0.05) is 6.54 Å². The minimum absolute atomic E-state index is 0.242. The third-order valence-electron chi connectivity index (χ3n) is 2.10. The summed E-state index contributed by atoms with van der Waals surface area (Å²) in [7, 11) is 0. The van der Waals surface area contributed by atoms with E-state index in [1.165, 1.54) is 18.2 Å². The van der Waals surface area contributed by atoms with Crippen LogP contribution in [0.15, 0.2) is 24.3 Å². The molecule has 0 bridgehead atoms. The summed E-state index contributed by atoms with van der Waals surface area (Å²) in [5.41, 5.74) is 0.533. The molecule has 1 N–H and O–H groups in total. The third kappa shape index (κ3) is 3.39. The quantitative estimate of drug-likeness (QED) is 0.882. The fraction of sp³-hybridized carbons (Fsp3) is 0.273. The average Bonchev–Trinajstić information content (AvgIpc) is 2.28. The molecule has 6 heteroatoms. The van der Waals surface area contributed by atoms with Gasteiger partial charge >= 0.3 is 6.18 Å². The van der Waals surface area contributed by atoms with Gasteiger partial charge in [-0.2, -0.15) is 23.7 Å². The Morgan fingerprint density at radius 3 is 2.41 bits per heavy atom. The lowest BCUT2D eigenvalue weighted by Crippen LogP contribution is -2.28. The van der Waals surface area contributed by atoms with E-state index in [2.05, 4.69) is 5.32 Å². The third-order valence-corrected chi connectivity index (χ3v) is 2.10. The highest BCUT2D eigenvalue weighted by Crippen LogP contribution is 2.26. The fourth-order valence-electron chi connectivity index (χ4n) is 1.18. The van der Waals surface area contributed by atoms with Crippen LogP contribution >= 0.6 is 0 Å². The first-order chi connectivity index (χ1) is 7.99. The number of benzene rings is 1. The van der Waals surface area contributed by atoms with Crippen molar-refractivity contribution in [3.8, 4) is 12.1 Å². The molecule has 1 aromatic carbocycles. The Balaban J connectivity index is 2.75. The highest BCUT2D eigenvalue weighted by atomic mass is 19.4. The molecule has 1 atom stereocenters. The first-order valence-corrected chi connectivity index (χ1v) is 4.68. The molecule has 1 aromatic rings. The molecule has 3 nitrogen and oxygen atoms in total. The topological polar surface area (TPSA) is 59.6 Å². The fourth-order valence-corrected chi connectivity index (χ4v) is 1.18. The zero-order chi connectivity index (χ0) is 12.9. The van der Waals surface area contributed by atoms with Crippen molar-refractivity contribution in [1.29, 1.82) is 10.5 Å². The summed E-state index contributed by atoms with van der Waals surface area (Å²) in [5.74, 6) is -2.09. The minimum Gasteiger partial charge on any atom is -0.382 e. The van der Waals surface area contributed by atoms with Gasteiger partial charge in [0.05, 0.1) is 17.3 Å². The van der Waals surface area contributed by atoms with Crippen LogP contribution in [0, 0.1) is 28.6 Å². The predicted octanol–water partition coefficient (Wildman–Crippen LogP) is 2.67. The van der Waals surface area contributed by atoms with Gasteiger partial charge in [-0.25, -0.2) is 0 Å². The average molecular weight is 239 g/mol. The van der Waals surface area contributed by atoms with Gasteiger partial charge < -0.3 is 5.32 Å². The highest BCUT2D eigenvalue weighted by molar-refractivity contribution is 5.57. The smallest absolute Gasteiger partial charge is 0.382 e. The Bertz CT molecular complexity index is 468. The number of halogens is 3. The number of nitriles is 2. The lowest BCUT2D eigenvalue weighted by Gasteiger charge is -2.15. The van der Waals surface area contributed by atoms with Crippen LogP contribution in [0.25, 0.3) is 0 Å². The van der Waals surface area contributed by atoms with Crippen LogP contribution < -0.4 is 5.32 Å². The van der Waals surface area contributed by atoms with Crippen molar-refractivity contribution in [2.75, 3.05) is 11.9 Å². The van der Waals surface area contributed by atoms with Gasteiger partial charge in [-0.3, -0.25) is 0 Å². The normalized spacial score (nSPS) is 12.3. The number of alkyl halides is 3. The summed E-state index contributed by atoms with van der Waals surface area (Å²) in [6, 6.07) is 9.20. The van der Waals surface area contributed by atoms with Crippen LogP contribution in [0.3, 0.4) is 0 Å². The van der Waals surface area contributed by atoms with Gasteiger partial charge in [0.2, 0.25) is 0 Å². The molecule has 0 saturated carbocycles. The molecule has 0 heterocycles. The van der Waals surface area contributed by atoms with Gasteiger partial charge in [0.25, 0.3) is 0 Å². The molecule has 0 spiro atoms. The van der Waals surface area contributed by atoms with E-state index < -0.39 is 18.6 Å². The van der Waals surface area contributed by atoms with Gasteiger partial charge in [0.1, 0.15) is 6.07 Å². The van der Waals surface area contributed by atoms with Gasteiger partial charge in [0.15, 0.2) is 5.92 Å². The molecular formula is C11H8F3N3. The molecule has 1 unspecified atom stereocenters. The number of hydrogen-bond acceptors (Lipinski definition) is 3. The standard InChI is InChI=1S/C11H8F3N3/c12-11(13,14)9(6-16)7-17-10-4-2-1-3-8(10)5-15/h1-4,9,17H,7H2. The van der Waals surface area contributed by atoms with Crippen LogP contribution in [0.2, 0.25) is 0 Å². The molecule has 0 aliphatic rings. The maximum atomic E-state index is 12.3. The van der Waals surface area contributed by atoms with Crippen LogP contribution in [0.4, 0.5) is 18.9 Å². The maximum Gasteiger partial charge on any atom is 0.406 e. The first kappa shape index (κ1) is 12.9. The SMILES string of the molecule is N#Cc1ccccc1NCC(C#N)C(F)(F)F. The van der Waals surface area contributed by atoms with Crippen LogP contribution in [0.1, 0.15) is 5.56 Å². The largest absolute Gasteiger partial charge is 0.406 e. The van der Waals surface area contributed by atoms with Crippen molar-refractivity contribution in [3.05, 3.63) is 29.8 Å². The number of anilines is 1. The summed E-state index contributed by atoms with van der Waals surface area (Å²) in [5, 5.41) is 19.6. The van der Waals surface area contributed by atoms with E-state index in [1.807, 2.05) is 6.07 Å². The Morgan fingerprint density at radius 2 is 1.88 bits per heavy atom. The number of hydrogen-bond donors (Lipinski definition) is 1. The minimum atomic E-state index is -4.57. The molecule has 1 rings (SSSR count). The van der Waals surface area contributed by atoms with E-state index in [0.29, 0.717) is 5.69 Å². The monoisotopic (exact) mass is 239 g/mol. The summed E-state index contributed by atoms with van der Waals surface area (Å²) in [6.45, 7) is -0.571. The Hall–Kier alpha value is -2.21. The van der Waals surface area contributed by atoms with Crippen LogP contribution in [-0.4, -0.2) is 12.7 Å². The second kappa shape index (κ2) is 5.22. The van der Waals surface area contributed by atoms with Gasteiger partial charge in [-0.15, -0.1) is 0 Å². The summed E-state index contributed by atoms with van der Waals surface area (Å²) in [4.78, 5) is 0. The first-order valence-electron chi connectivity index (χ1n) is 4.68. The van der Waals surface area contributed by atoms with Crippen molar-refractivity contribution < 1.29 is 13.2 Å². The molecule has 0 aromatic heterocycles. The second-order valence-corrected chi connectivity index (χ2v) is 3.26. The highest BCUT2D eigenvalue weighted by Gasteiger charge is 2.39. The summed E-state index contributed by atoms with van der Waals surface area (Å²) < 4.78 is 36.8. The Morgan fingerprint density at radius 1 is 1.24 bits per heavy atom. The molecule has 0 saturated heterocycles. The number of rotatable bonds is 3. The van der Waals surface area contributed by atoms with Crippen molar-refractivity contribution >= 4 is 5.69 Å². The summed E-state index contributed by atoms with van der Waals surface area (Å²) >= 11 is 0. The van der Waals surface area contributed by atoms with E-state index in [9.17, 15) is 13.2 Å². The maximum absolute atomic E-state index is 12.3. The van der Waals surface area contributed by atoms with Crippen molar-refractivity contribution in [1.82, 2.24) is 0 Å². The zero-order valence-corrected chi connectivity index (χ0v) is 8.62. The van der Waals surface area contributed by atoms with E-state index >= 15 is 0 Å². The molecule has 0 aliphatic heterocycles. The Kier molecular flexibility index (Phi) is 3.95. The summed E-state index contributed by atoms with van der Waals surface area (Å²) in [6.07, 6.45) is -4.57. The molecule has 0 fully saturated rings. The lowest BCUT2D eigenvalue weighted by atomic mass is 10.1. The molecule has 0 radical (unpaired) electrons. The number of nitrogens with zero attached hydrogens (tertiary/aromatic N) is 2.